The van der Waals surface area contributed by atoms with Crippen LogP contribution in [0.3, 0.4) is 0 Å². The number of piperidine rings is 2. The summed E-state index contributed by atoms with van der Waals surface area (Å²) in [5.74, 6) is 0.415. The molecule has 7 aliphatic heterocycles. The van der Waals surface area contributed by atoms with E-state index in [1.807, 2.05) is 124 Å². The highest BCUT2D eigenvalue weighted by Gasteiger charge is 2.46. The zero-order chi connectivity index (χ0) is 80.4. The van der Waals surface area contributed by atoms with Crippen molar-refractivity contribution in [3.05, 3.63) is 239 Å². The molecule has 0 saturated carbocycles. The summed E-state index contributed by atoms with van der Waals surface area (Å²) < 4.78 is 64.4. The number of aromatic nitrogens is 10. The monoisotopic (exact) mass is 1600 g/mol. The zero-order valence-corrected chi connectivity index (χ0v) is 65.2. The molecule has 3 unspecified atom stereocenters. The Bertz CT molecular complexity index is 5940. The number of hydrogen-bond donors (Lipinski definition) is 3. The molecule has 28 nitrogen and oxygen atoms in total. The number of benzene rings is 5. The number of carbonyl (C=O) groups is 5. The van der Waals surface area contributed by atoms with Crippen LogP contribution in [0.2, 0.25) is 0 Å². The number of nitrogens with zero attached hydrogens (tertiary/aromatic N) is 16. The van der Waals surface area contributed by atoms with E-state index >= 15 is 0 Å². The van der Waals surface area contributed by atoms with Crippen molar-refractivity contribution in [1.29, 1.82) is 0 Å². The fraction of sp³-hybridized carbons (Fsp3) is 0.326. The Morgan fingerprint density at radius 3 is 1.66 bits per heavy atom. The van der Waals surface area contributed by atoms with Gasteiger partial charge in [-0.3, -0.25) is 52.8 Å². The third-order valence-electron chi connectivity index (χ3n) is 23.1. The Hall–Kier alpha value is -12.5. The molecule has 0 aliphatic carbocycles. The number of halogens is 2. The summed E-state index contributed by atoms with van der Waals surface area (Å²) >= 11 is 0. The number of imide groups is 2. The highest BCUT2D eigenvalue weighted by molar-refractivity contribution is 7.86. The third kappa shape index (κ3) is 16.1. The number of pyridine rings is 2. The maximum Gasteiger partial charge on any atom is 0.329 e. The van der Waals surface area contributed by atoms with Crippen molar-refractivity contribution in [3.63, 3.8) is 0 Å². The number of imidazole rings is 3. The Morgan fingerprint density at radius 1 is 0.513 bits per heavy atom. The summed E-state index contributed by atoms with van der Waals surface area (Å²) in [4.78, 5) is 108. The zero-order valence-electron chi connectivity index (χ0n) is 64.4. The Morgan fingerprint density at radius 2 is 1.07 bits per heavy atom. The van der Waals surface area contributed by atoms with Gasteiger partial charge >= 0.3 is 5.69 Å². The van der Waals surface area contributed by atoms with Crippen molar-refractivity contribution in [3.8, 4) is 22.8 Å². The molecular formula is C86H87F2N19O9S. The molecule has 7 aliphatic rings. The maximum atomic E-state index is 14.1. The molecule has 117 heavy (non-hydrogen) atoms. The first-order valence-corrected chi connectivity index (χ1v) is 41.2. The van der Waals surface area contributed by atoms with Gasteiger partial charge in [0.15, 0.2) is 11.3 Å². The van der Waals surface area contributed by atoms with Gasteiger partial charge in [0.25, 0.3) is 10.1 Å². The first-order chi connectivity index (χ1) is 56.9. The van der Waals surface area contributed by atoms with Crippen molar-refractivity contribution in [1.82, 2.24) is 69.1 Å². The Labute approximate surface area is 672 Å². The lowest BCUT2D eigenvalue weighted by Gasteiger charge is -2.36. The molecule has 7 aromatic heterocycles. The second-order valence-electron chi connectivity index (χ2n) is 30.3. The third-order valence-corrected chi connectivity index (χ3v) is 24.4. The van der Waals surface area contributed by atoms with Crippen LogP contribution in [0.1, 0.15) is 97.7 Å². The van der Waals surface area contributed by atoms with Crippen LogP contribution in [0.4, 0.5) is 37.7 Å². The van der Waals surface area contributed by atoms with E-state index in [1.165, 1.54) is 33.4 Å². The quantitative estimate of drug-likeness (QED) is 0.0531. The van der Waals surface area contributed by atoms with E-state index in [2.05, 4.69) is 56.5 Å². The molecule has 0 spiro atoms. The number of para-hydroxylation sites is 3. The second kappa shape index (κ2) is 33.4. The van der Waals surface area contributed by atoms with Crippen molar-refractivity contribution >= 4 is 90.9 Å². The van der Waals surface area contributed by atoms with Gasteiger partial charge in [-0.1, -0.05) is 84.4 Å². The lowest BCUT2D eigenvalue weighted by Crippen LogP contribution is -2.49. The lowest BCUT2D eigenvalue weighted by atomic mass is 9.81. The van der Waals surface area contributed by atoms with Crippen LogP contribution in [0.15, 0.2) is 204 Å². The normalized spacial score (nSPS) is 19.9. The first-order valence-electron chi connectivity index (χ1n) is 39.8. The molecule has 5 aromatic carbocycles. The number of amides is 5. The first kappa shape index (κ1) is 77.1. The van der Waals surface area contributed by atoms with Crippen LogP contribution < -0.4 is 46.1 Å². The second-order valence-corrected chi connectivity index (χ2v) is 31.9. The number of piperazine rings is 2. The fourth-order valence-electron chi connectivity index (χ4n) is 17.2. The van der Waals surface area contributed by atoms with Crippen LogP contribution in [0.5, 0.6) is 0 Å². The van der Waals surface area contributed by atoms with Crippen LogP contribution >= 0.6 is 0 Å². The highest BCUT2D eigenvalue weighted by atomic mass is 32.2. The number of hydrogen-bond acceptors (Lipinski definition) is 21. The minimum absolute atomic E-state index is 0.0231. The van der Waals surface area contributed by atoms with E-state index in [-0.39, 0.29) is 84.7 Å². The Balaban J connectivity index is 0.000000133. The molecule has 31 heteroatoms. The van der Waals surface area contributed by atoms with E-state index in [0.29, 0.717) is 30.5 Å². The van der Waals surface area contributed by atoms with Crippen molar-refractivity contribution < 1.29 is 45.4 Å². The molecule has 14 heterocycles. The number of rotatable bonds is 18. The van der Waals surface area contributed by atoms with Crippen LogP contribution in [0, 0.1) is 24.5 Å². The average molecular weight is 1600 g/mol. The van der Waals surface area contributed by atoms with Gasteiger partial charge in [-0.05, 0) is 165 Å². The molecule has 3 N–H and O–H groups in total. The minimum atomic E-state index is -3.97. The molecule has 6 saturated heterocycles. The van der Waals surface area contributed by atoms with Crippen molar-refractivity contribution in [2.24, 2.45) is 5.92 Å². The summed E-state index contributed by atoms with van der Waals surface area (Å²) in [5, 5.41) is 18.1. The summed E-state index contributed by atoms with van der Waals surface area (Å²) in [5.41, 5.74) is 10.0. The molecular weight excluding hydrogens is 1510 g/mol. The fourth-order valence-corrected chi connectivity index (χ4v) is 18.1. The predicted molar refractivity (Wildman–Crippen MR) is 437 cm³/mol. The molecule has 5 atom stereocenters. The van der Waals surface area contributed by atoms with Crippen LogP contribution in [0.25, 0.3) is 45.1 Å². The molecule has 6 fully saturated rings. The van der Waals surface area contributed by atoms with Gasteiger partial charge < -0.3 is 29.8 Å². The lowest BCUT2D eigenvalue weighted by molar-refractivity contribution is -0.139. The van der Waals surface area contributed by atoms with E-state index in [9.17, 15) is 46.0 Å². The molecule has 12 aromatic rings. The van der Waals surface area contributed by atoms with Gasteiger partial charge in [0.2, 0.25) is 29.5 Å². The number of nitrogens with one attached hydrogen (secondary N) is 3. The van der Waals surface area contributed by atoms with E-state index < -0.39 is 39.6 Å². The van der Waals surface area contributed by atoms with Gasteiger partial charge in [0.05, 0.1) is 76.8 Å². The van der Waals surface area contributed by atoms with Crippen LogP contribution in [-0.4, -0.2) is 176 Å². The number of carbonyl (C=O) groups excluding carboxylic acids is 5. The van der Waals surface area contributed by atoms with Gasteiger partial charge in [0, 0.05) is 97.1 Å². The SMILES string of the molecule is Cc1ccc(S(=O)(=O)OCCn2c(=O)n(C3CCC(=O)NC3=O)c3ccccc32)cc1.Fc1cccc([C@H]2CCCN2c2ccc3ncc(-c4cccc(N5CCNCC5)n4)n3n2)c1.O=C1CCC(C2C(=O)N(CCN3CCN(c4cccc(-c5cnc6ccc(N7CCC[C@@H]7c7cccc(F)c7)nn56)n4)CC3)c3ccccc32)C(=O)N1. The maximum absolute atomic E-state index is 14.1. The van der Waals surface area contributed by atoms with Gasteiger partial charge in [-0.2, -0.15) is 8.42 Å². The smallest absolute Gasteiger partial charge is 0.329 e. The van der Waals surface area contributed by atoms with Gasteiger partial charge in [-0.15, -0.1) is 10.2 Å². The van der Waals surface area contributed by atoms with Gasteiger partial charge in [0.1, 0.15) is 52.3 Å². The van der Waals surface area contributed by atoms with Gasteiger partial charge in [-0.25, -0.2) is 42.5 Å². The predicted octanol–water partition coefficient (Wildman–Crippen LogP) is 9.75. The topological polar surface area (TPSA) is 297 Å². The highest BCUT2D eigenvalue weighted by Crippen LogP contribution is 2.44. The minimum Gasteiger partial charge on any atom is -0.354 e. The summed E-state index contributed by atoms with van der Waals surface area (Å²) in [7, 11) is -3.97. The molecule has 0 radical (unpaired) electrons. The standard InChI is InChI=1S/C40H40FN9O3.C25H26FN7.C21H21N3O6S/c41-27-7-3-6-26(24-27)31-11-5-17-48(31)36-15-14-34-42-25-33(50(34)45-36)30-9-4-12-35(43-30)47-21-18-46(19-22-47)20-23-49-32-10-2-1-8-28(32)38(40(49)53)29-13-16-37(51)44-39(29)52;26-19-5-1-4-18(16-19)21-7-3-13-32(21)25-10-9-23-28-17-22(33(23)30-25)20-6-2-8-24(29-20)31-14-11-27-12-15-31;1-14-6-8-15(9-7-14)31(28,29)30-13-12-23-16-4-2-3-5-17(16)24(21(23)27)18-10-11-19(25)22-20(18)26/h1-4,6-10,12,14-15,24-25,29,31,38H,5,11,13,16-23H2,(H,44,51,52);1-2,4-6,8-10,16-17,21,27H,3,7,11-15H2;2-9,18H,10-13H2,1H3,(H,22,25,26)/t29?,31-,38?;21-;/m11./s1. The summed E-state index contributed by atoms with van der Waals surface area (Å²) in [6.45, 7) is 11.6. The summed E-state index contributed by atoms with van der Waals surface area (Å²) in [6.07, 6.45) is 8.61. The van der Waals surface area contributed by atoms with E-state index in [1.54, 1.807) is 60.7 Å². The van der Waals surface area contributed by atoms with E-state index in [0.717, 1.165) is 176 Å². The average Bonchev–Trinajstić information content (AvgIpc) is 1.61. The van der Waals surface area contributed by atoms with Crippen molar-refractivity contribution in [2.45, 2.75) is 93.8 Å². The molecule has 600 valence electrons. The Kier molecular flexibility index (Phi) is 22.0. The molecule has 0 bridgehead atoms. The number of anilines is 5. The van der Waals surface area contributed by atoms with Crippen LogP contribution in [-0.2, 0) is 44.8 Å². The van der Waals surface area contributed by atoms with E-state index in [4.69, 9.17) is 24.3 Å². The number of aryl methyl sites for hydroxylation is 1. The number of fused-ring (bicyclic) bond motifs is 4. The van der Waals surface area contributed by atoms with Crippen molar-refractivity contribution in [2.75, 3.05) is 110 Å². The summed E-state index contributed by atoms with van der Waals surface area (Å²) in [6, 6.07) is 54.1. The largest absolute Gasteiger partial charge is 0.354 e. The molecule has 5 amide bonds. The molecule has 19 rings (SSSR count).